The second kappa shape index (κ2) is 7.72. The molecule has 0 N–H and O–H groups in total. The molecular formula is C17H22N4O2S. The summed E-state index contributed by atoms with van der Waals surface area (Å²) in [6, 6.07) is 4.13. The highest BCUT2D eigenvalue weighted by molar-refractivity contribution is 7.07. The van der Waals surface area contributed by atoms with Crippen LogP contribution in [0.4, 0.5) is 5.82 Å². The molecule has 3 rings (SSSR count). The molecule has 0 radical (unpaired) electrons. The molecule has 1 fully saturated rings. The fraction of sp³-hybridized carbons (Fsp3) is 0.471. The Labute approximate surface area is 146 Å². The van der Waals surface area contributed by atoms with Gasteiger partial charge in [0, 0.05) is 38.8 Å². The number of thiazole rings is 1. The maximum atomic E-state index is 12.4. The number of aryl methyl sites for hydroxylation is 1. The largest absolute Gasteiger partial charge is 0.375 e. The summed E-state index contributed by atoms with van der Waals surface area (Å²) in [5, 5.41) is 1.80. The Morgan fingerprint density at radius 2 is 2.33 bits per heavy atom. The van der Waals surface area contributed by atoms with Crippen molar-refractivity contribution in [3.8, 4) is 0 Å². The molecule has 1 aliphatic rings. The van der Waals surface area contributed by atoms with Crippen molar-refractivity contribution >= 4 is 23.1 Å². The topological polar surface area (TPSA) is 58.6 Å². The van der Waals surface area contributed by atoms with Gasteiger partial charge >= 0.3 is 0 Å². The molecule has 1 atom stereocenters. The maximum absolute atomic E-state index is 12.4. The normalized spacial score (nSPS) is 17.8. The van der Waals surface area contributed by atoms with Gasteiger partial charge in [-0.2, -0.15) is 0 Å². The summed E-state index contributed by atoms with van der Waals surface area (Å²) in [5.74, 6) is 0.959. The number of anilines is 1. The minimum atomic E-state index is 0.00311. The molecule has 1 amide bonds. The third-order valence-corrected chi connectivity index (χ3v) is 4.69. The zero-order chi connectivity index (χ0) is 16.9. The third kappa shape index (κ3) is 4.10. The van der Waals surface area contributed by atoms with Crippen molar-refractivity contribution in [2.24, 2.45) is 0 Å². The number of carbonyl (C=O) groups is 1. The van der Waals surface area contributed by atoms with Gasteiger partial charge in [0.2, 0.25) is 0 Å². The van der Waals surface area contributed by atoms with Crippen LogP contribution in [0.25, 0.3) is 0 Å². The van der Waals surface area contributed by atoms with Crippen LogP contribution in [0.15, 0.2) is 29.2 Å². The molecule has 7 heteroatoms. The van der Waals surface area contributed by atoms with E-state index in [1.54, 1.807) is 10.9 Å². The number of nitrogens with zero attached hydrogens (tertiary/aromatic N) is 4. The van der Waals surface area contributed by atoms with Gasteiger partial charge in [-0.25, -0.2) is 9.97 Å². The molecule has 0 bridgehead atoms. The summed E-state index contributed by atoms with van der Waals surface area (Å²) in [5.41, 5.74) is 3.46. The molecule has 3 heterocycles. The molecule has 128 valence electrons. The highest BCUT2D eigenvalue weighted by atomic mass is 32.1. The standard InChI is InChI=1S/C17H22N4O2S/c1-20(2)16-9-13(5-6-18-16)3-4-14-10-21(7-8-23-14)17(22)15-11-24-12-19-15/h5-6,9,11-12,14H,3-4,7-8,10H2,1-2H3. The number of pyridine rings is 1. The molecule has 0 saturated carbocycles. The van der Waals surface area contributed by atoms with Crippen molar-refractivity contribution in [2.45, 2.75) is 18.9 Å². The Hall–Kier alpha value is -1.99. The van der Waals surface area contributed by atoms with Crippen LogP contribution in [-0.4, -0.2) is 60.7 Å². The Balaban J connectivity index is 1.56. The van der Waals surface area contributed by atoms with Crippen molar-refractivity contribution in [1.29, 1.82) is 0 Å². The predicted octanol–water partition coefficient (Wildman–Crippen LogP) is 2.08. The quantitative estimate of drug-likeness (QED) is 0.830. The van der Waals surface area contributed by atoms with Crippen LogP contribution in [0.5, 0.6) is 0 Å². The van der Waals surface area contributed by atoms with E-state index in [4.69, 9.17) is 4.74 Å². The Bertz CT molecular complexity index is 675. The summed E-state index contributed by atoms with van der Waals surface area (Å²) in [6.07, 6.45) is 3.70. The summed E-state index contributed by atoms with van der Waals surface area (Å²) in [4.78, 5) is 24.7. The van der Waals surface area contributed by atoms with E-state index in [9.17, 15) is 4.79 Å². The molecular weight excluding hydrogens is 324 g/mol. The number of hydrogen-bond acceptors (Lipinski definition) is 6. The smallest absolute Gasteiger partial charge is 0.273 e. The average Bonchev–Trinajstić information content (AvgIpc) is 3.14. The van der Waals surface area contributed by atoms with Crippen LogP contribution in [0, 0.1) is 0 Å². The van der Waals surface area contributed by atoms with Gasteiger partial charge in [-0.1, -0.05) is 0 Å². The van der Waals surface area contributed by atoms with Gasteiger partial charge < -0.3 is 14.5 Å². The van der Waals surface area contributed by atoms with Crippen LogP contribution < -0.4 is 4.90 Å². The minimum Gasteiger partial charge on any atom is -0.375 e. The van der Waals surface area contributed by atoms with E-state index in [2.05, 4.69) is 16.0 Å². The number of morpholine rings is 1. The Morgan fingerprint density at radius 1 is 1.46 bits per heavy atom. The summed E-state index contributed by atoms with van der Waals surface area (Å²) in [6.45, 7) is 1.84. The van der Waals surface area contributed by atoms with E-state index < -0.39 is 0 Å². The Kier molecular flexibility index (Phi) is 5.42. The van der Waals surface area contributed by atoms with E-state index in [0.717, 1.165) is 18.7 Å². The van der Waals surface area contributed by atoms with Crippen LogP contribution in [0.3, 0.4) is 0 Å². The van der Waals surface area contributed by atoms with Crippen LogP contribution in [0.2, 0.25) is 0 Å². The van der Waals surface area contributed by atoms with E-state index in [1.165, 1.54) is 16.9 Å². The zero-order valence-corrected chi connectivity index (χ0v) is 14.8. The molecule has 0 aliphatic carbocycles. The van der Waals surface area contributed by atoms with E-state index in [0.29, 0.717) is 25.4 Å². The lowest BCUT2D eigenvalue weighted by Crippen LogP contribution is -2.45. The second-order valence-corrected chi connectivity index (χ2v) is 6.79. The highest BCUT2D eigenvalue weighted by Gasteiger charge is 2.25. The van der Waals surface area contributed by atoms with E-state index in [1.807, 2.05) is 36.2 Å². The van der Waals surface area contributed by atoms with Crippen molar-refractivity contribution in [2.75, 3.05) is 38.7 Å². The summed E-state index contributed by atoms with van der Waals surface area (Å²) in [7, 11) is 3.97. The fourth-order valence-electron chi connectivity index (χ4n) is 2.75. The van der Waals surface area contributed by atoms with E-state index >= 15 is 0 Å². The lowest BCUT2D eigenvalue weighted by molar-refractivity contribution is -0.0247. The number of amides is 1. The molecule has 2 aromatic rings. The Morgan fingerprint density at radius 3 is 3.08 bits per heavy atom. The number of rotatable bonds is 5. The molecule has 2 aromatic heterocycles. The molecule has 1 unspecified atom stereocenters. The molecule has 1 saturated heterocycles. The minimum absolute atomic E-state index is 0.00311. The van der Waals surface area contributed by atoms with Crippen molar-refractivity contribution in [3.05, 3.63) is 40.5 Å². The van der Waals surface area contributed by atoms with Gasteiger partial charge in [0.25, 0.3) is 5.91 Å². The molecule has 0 spiro atoms. The number of ether oxygens (including phenoxy) is 1. The van der Waals surface area contributed by atoms with Crippen molar-refractivity contribution < 1.29 is 9.53 Å². The van der Waals surface area contributed by atoms with Crippen molar-refractivity contribution in [1.82, 2.24) is 14.9 Å². The first-order chi connectivity index (χ1) is 11.6. The van der Waals surface area contributed by atoms with Crippen molar-refractivity contribution in [3.63, 3.8) is 0 Å². The predicted molar refractivity (Wildman–Crippen MR) is 94.6 cm³/mol. The van der Waals surface area contributed by atoms with Gasteiger partial charge in [0.1, 0.15) is 11.5 Å². The molecule has 24 heavy (non-hydrogen) atoms. The van der Waals surface area contributed by atoms with Gasteiger partial charge in [0.05, 0.1) is 18.2 Å². The van der Waals surface area contributed by atoms with Gasteiger partial charge in [-0.3, -0.25) is 4.79 Å². The van der Waals surface area contributed by atoms with Crippen LogP contribution in [0.1, 0.15) is 22.5 Å². The third-order valence-electron chi connectivity index (χ3n) is 4.10. The van der Waals surface area contributed by atoms with Crippen LogP contribution >= 0.6 is 11.3 Å². The maximum Gasteiger partial charge on any atom is 0.273 e. The monoisotopic (exact) mass is 346 g/mol. The SMILES string of the molecule is CN(C)c1cc(CCC2CN(C(=O)c3cscn3)CCO2)ccn1. The fourth-order valence-corrected chi connectivity index (χ4v) is 3.27. The lowest BCUT2D eigenvalue weighted by atomic mass is 10.1. The van der Waals surface area contributed by atoms with Crippen LogP contribution in [-0.2, 0) is 11.2 Å². The lowest BCUT2D eigenvalue weighted by Gasteiger charge is -2.32. The summed E-state index contributed by atoms with van der Waals surface area (Å²) < 4.78 is 5.84. The number of carbonyl (C=O) groups excluding carboxylic acids is 1. The van der Waals surface area contributed by atoms with Gasteiger partial charge in [-0.15, -0.1) is 11.3 Å². The first-order valence-corrected chi connectivity index (χ1v) is 8.99. The summed E-state index contributed by atoms with van der Waals surface area (Å²) >= 11 is 1.44. The number of hydrogen-bond donors (Lipinski definition) is 0. The first-order valence-electron chi connectivity index (χ1n) is 8.05. The van der Waals surface area contributed by atoms with E-state index in [-0.39, 0.29) is 12.0 Å². The second-order valence-electron chi connectivity index (χ2n) is 6.07. The zero-order valence-electron chi connectivity index (χ0n) is 14.0. The average molecular weight is 346 g/mol. The highest BCUT2D eigenvalue weighted by Crippen LogP contribution is 2.17. The molecule has 6 nitrogen and oxygen atoms in total. The molecule has 1 aliphatic heterocycles. The van der Waals surface area contributed by atoms with Gasteiger partial charge in [0.15, 0.2) is 0 Å². The first kappa shape index (κ1) is 16.9. The van der Waals surface area contributed by atoms with Gasteiger partial charge in [-0.05, 0) is 30.5 Å². The molecule has 0 aromatic carbocycles. The number of aromatic nitrogens is 2.